The Hall–Kier alpha value is -1.31. The summed E-state index contributed by atoms with van der Waals surface area (Å²) in [6.45, 7) is 6.17. The zero-order valence-corrected chi connectivity index (χ0v) is 11.0. The number of carbonyl (C=O) groups is 1. The molecule has 1 aliphatic rings. The molecule has 0 unspecified atom stereocenters. The average molecular weight is 231 g/mol. The summed E-state index contributed by atoms with van der Waals surface area (Å²) in [5.41, 5.74) is 3.11. The van der Waals surface area contributed by atoms with E-state index >= 15 is 0 Å². The SMILES string of the molecule is Cc1cccc(C)c1NC(=O)C1(C)CCCC1. The fourth-order valence-electron chi connectivity index (χ4n) is 2.66. The van der Waals surface area contributed by atoms with Gasteiger partial charge in [-0.05, 0) is 37.8 Å². The number of aryl methyl sites for hydroxylation is 2. The van der Waals surface area contributed by atoms with Crippen molar-refractivity contribution in [2.45, 2.75) is 46.5 Å². The molecule has 1 fully saturated rings. The first-order valence-corrected chi connectivity index (χ1v) is 6.41. The molecule has 0 bridgehead atoms. The maximum atomic E-state index is 12.3. The van der Waals surface area contributed by atoms with E-state index in [4.69, 9.17) is 0 Å². The number of anilines is 1. The predicted molar refractivity (Wildman–Crippen MR) is 71.1 cm³/mol. The van der Waals surface area contributed by atoms with Gasteiger partial charge in [-0.1, -0.05) is 38.0 Å². The Bertz CT molecular complexity index is 410. The smallest absolute Gasteiger partial charge is 0.230 e. The minimum absolute atomic E-state index is 0.158. The second-order valence-electron chi connectivity index (χ2n) is 5.49. The molecule has 92 valence electrons. The van der Waals surface area contributed by atoms with Gasteiger partial charge in [-0.25, -0.2) is 0 Å². The van der Waals surface area contributed by atoms with Crippen LogP contribution in [0.25, 0.3) is 0 Å². The van der Waals surface area contributed by atoms with E-state index in [-0.39, 0.29) is 11.3 Å². The van der Waals surface area contributed by atoms with E-state index in [2.05, 4.69) is 12.2 Å². The van der Waals surface area contributed by atoms with Crippen molar-refractivity contribution in [2.24, 2.45) is 5.41 Å². The molecule has 17 heavy (non-hydrogen) atoms. The maximum Gasteiger partial charge on any atom is 0.230 e. The van der Waals surface area contributed by atoms with Gasteiger partial charge >= 0.3 is 0 Å². The number of hydrogen-bond acceptors (Lipinski definition) is 1. The Kier molecular flexibility index (Phi) is 3.23. The summed E-state index contributed by atoms with van der Waals surface area (Å²) in [5, 5.41) is 3.12. The van der Waals surface area contributed by atoms with Crippen LogP contribution in [0.1, 0.15) is 43.7 Å². The molecule has 1 aromatic carbocycles. The quantitative estimate of drug-likeness (QED) is 0.823. The normalized spacial score (nSPS) is 18.1. The summed E-state index contributed by atoms with van der Waals surface area (Å²) in [7, 11) is 0. The highest BCUT2D eigenvalue weighted by atomic mass is 16.2. The van der Waals surface area contributed by atoms with E-state index in [1.165, 1.54) is 12.8 Å². The fourth-order valence-corrected chi connectivity index (χ4v) is 2.66. The number of carbonyl (C=O) groups excluding carboxylic acids is 1. The molecule has 0 aliphatic heterocycles. The van der Waals surface area contributed by atoms with Gasteiger partial charge < -0.3 is 5.32 Å². The molecule has 1 N–H and O–H groups in total. The lowest BCUT2D eigenvalue weighted by Gasteiger charge is -2.23. The van der Waals surface area contributed by atoms with E-state index in [1.807, 2.05) is 32.0 Å². The van der Waals surface area contributed by atoms with Crippen molar-refractivity contribution in [3.05, 3.63) is 29.3 Å². The number of rotatable bonds is 2. The van der Waals surface area contributed by atoms with E-state index in [0.29, 0.717) is 0 Å². The van der Waals surface area contributed by atoms with E-state index < -0.39 is 0 Å². The van der Waals surface area contributed by atoms with E-state index in [9.17, 15) is 4.79 Å². The zero-order valence-electron chi connectivity index (χ0n) is 11.0. The molecule has 2 rings (SSSR count). The van der Waals surface area contributed by atoms with Crippen LogP contribution in [0.2, 0.25) is 0 Å². The number of nitrogens with one attached hydrogen (secondary N) is 1. The van der Waals surface area contributed by atoms with Crippen LogP contribution >= 0.6 is 0 Å². The van der Waals surface area contributed by atoms with Crippen LogP contribution in [0.4, 0.5) is 5.69 Å². The van der Waals surface area contributed by atoms with E-state index in [0.717, 1.165) is 29.7 Å². The molecule has 2 heteroatoms. The molecule has 2 nitrogen and oxygen atoms in total. The second-order valence-corrected chi connectivity index (χ2v) is 5.49. The molecule has 0 aromatic heterocycles. The third-order valence-corrected chi connectivity index (χ3v) is 3.97. The Labute approximate surface area is 103 Å². The molecule has 1 aliphatic carbocycles. The predicted octanol–water partition coefficient (Wildman–Crippen LogP) is 3.82. The summed E-state index contributed by atoms with van der Waals surface area (Å²) >= 11 is 0. The molecular formula is C15H21NO. The number of benzene rings is 1. The van der Waals surface area contributed by atoms with Crippen molar-refractivity contribution in [1.82, 2.24) is 0 Å². The Morgan fingerprint density at radius 2 is 1.71 bits per heavy atom. The molecule has 1 amide bonds. The topological polar surface area (TPSA) is 29.1 Å². The van der Waals surface area contributed by atoms with Crippen molar-refractivity contribution in [2.75, 3.05) is 5.32 Å². The van der Waals surface area contributed by atoms with Gasteiger partial charge in [0, 0.05) is 11.1 Å². The Balaban J connectivity index is 2.18. The number of hydrogen-bond donors (Lipinski definition) is 1. The maximum absolute atomic E-state index is 12.3. The van der Waals surface area contributed by atoms with Gasteiger partial charge in [-0.2, -0.15) is 0 Å². The van der Waals surface area contributed by atoms with Crippen molar-refractivity contribution < 1.29 is 4.79 Å². The molecule has 0 heterocycles. The second kappa shape index (κ2) is 4.52. The lowest BCUT2D eigenvalue weighted by Crippen LogP contribution is -2.31. The Morgan fingerprint density at radius 1 is 1.18 bits per heavy atom. The summed E-state index contributed by atoms with van der Waals surface area (Å²) in [6.07, 6.45) is 4.39. The Morgan fingerprint density at radius 3 is 2.24 bits per heavy atom. The van der Waals surface area contributed by atoms with Crippen molar-refractivity contribution >= 4 is 11.6 Å². The summed E-state index contributed by atoms with van der Waals surface area (Å²) < 4.78 is 0. The van der Waals surface area contributed by atoms with Gasteiger partial charge in [0.05, 0.1) is 0 Å². The highest BCUT2D eigenvalue weighted by Crippen LogP contribution is 2.38. The van der Waals surface area contributed by atoms with Crippen LogP contribution in [-0.2, 0) is 4.79 Å². The van der Waals surface area contributed by atoms with Crippen molar-refractivity contribution in [1.29, 1.82) is 0 Å². The van der Waals surface area contributed by atoms with E-state index in [1.54, 1.807) is 0 Å². The summed E-state index contributed by atoms with van der Waals surface area (Å²) in [4.78, 5) is 12.3. The minimum Gasteiger partial charge on any atom is -0.325 e. The summed E-state index contributed by atoms with van der Waals surface area (Å²) in [5.74, 6) is 0.187. The minimum atomic E-state index is -0.158. The zero-order chi connectivity index (χ0) is 12.5. The third kappa shape index (κ3) is 2.36. The monoisotopic (exact) mass is 231 g/mol. The highest BCUT2D eigenvalue weighted by Gasteiger charge is 2.36. The molecule has 1 aromatic rings. The highest BCUT2D eigenvalue weighted by molar-refractivity contribution is 5.96. The van der Waals surface area contributed by atoms with Crippen LogP contribution in [0.15, 0.2) is 18.2 Å². The molecular weight excluding hydrogens is 210 g/mol. The first kappa shape index (κ1) is 12.2. The summed E-state index contributed by atoms with van der Waals surface area (Å²) in [6, 6.07) is 6.11. The van der Waals surface area contributed by atoms with Crippen molar-refractivity contribution in [3.8, 4) is 0 Å². The van der Waals surface area contributed by atoms with Gasteiger partial charge in [0.2, 0.25) is 5.91 Å². The van der Waals surface area contributed by atoms with Gasteiger partial charge in [-0.3, -0.25) is 4.79 Å². The van der Waals surface area contributed by atoms with Gasteiger partial charge in [0.25, 0.3) is 0 Å². The first-order valence-electron chi connectivity index (χ1n) is 6.41. The van der Waals surface area contributed by atoms with Crippen LogP contribution < -0.4 is 5.32 Å². The lowest BCUT2D eigenvalue weighted by molar-refractivity contribution is -0.124. The lowest BCUT2D eigenvalue weighted by atomic mass is 9.87. The van der Waals surface area contributed by atoms with Gasteiger partial charge in [0.1, 0.15) is 0 Å². The van der Waals surface area contributed by atoms with Crippen LogP contribution in [0, 0.1) is 19.3 Å². The molecule has 0 saturated heterocycles. The standard InChI is InChI=1S/C15H21NO/c1-11-7-6-8-12(2)13(11)16-14(17)15(3)9-4-5-10-15/h6-8H,4-5,9-10H2,1-3H3,(H,16,17). The fraction of sp³-hybridized carbons (Fsp3) is 0.533. The first-order chi connectivity index (χ1) is 8.03. The molecule has 0 spiro atoms. The average Bonchev–Trinajstić information content (AvgIpc) is 2.72. The third-order valence-electron chi connectivity index (χ3n) is 3.97. The van der Waals surface area contributed by atoms with Crippen molar-refractivity contribution in [3.63, 3.8) is 0 Å². The molecule has 0 atom stereocenters. The number of para-hydroxylation sites is 1. The molecule has 1 saturated carbocycles. The largest absolute Gasteiger partial charge is 0.325 e. The van der Waals surface area contributed by atoms with Crippen LogP contribution in [0.3, 0.4) is 0 Å². The van der Waals surface area contributed by atoms with Gasteiger partial charge in [0.15, 0.2) is 0 Å². The molecule has 0 radical (unpaired) electrons. The van der Waals surface area contributed by atoms with Crippen LogP contribution in [-0.4, -0.2) is 5.91 Å². The number of amides is 1. The van der Waals surface area contributed by atoms with Gasteiger partial charge in [-0.15, -0.1) is 0 Å². The van der Waals surface area contributed by atoms with Crippen LogP contribution in [0.5, 0.6) is 0 Å².